The molecule has 2 saturated heterocycles. The van der Waals surface area contributed by atoms with Crippen LogP contribution in [0.4, 0.5) is 0 Å². The topological polar surface area (TPSA) is 34.2 Å². The van der Waals surface area contributed by atoms with Gasteiger partial charge in [0.15, 0.2) is 0 Å². The van der Waals surface area contributed by atoms with Crippen molar-refractivity contribution in [1.82, 2.24) is 9.80 Å². The van der Waals surface area contributed by atoms with Crippen LogP contribution in [0.3, 0.4) is 0 Å². The van der Waals surface area contributed by atoms with Gasteiger partial charge in [-0.05, 0) is 25.3 Å². The molecule has 5 nitrogen and oxygen atoms in total. The largest absolute Gasteiger partial charge is 0.383 e. The van der Waals surface area contributed by atoms with Gasteiger partial charge in [-0.3, -0.25) is 4.90 Å². The molecular weight excluding hydrogens is 256 g/mol. The Labute approximate surface area is 123 Å². The maximum Gasteiger partial charge on any atom is 0.0594 e. The second kappa shape index (κ2) is 9.68. The van der Waals surface area contributed by atoms with Crippen LogP contribution in [-0.2, 0) is 14.2 Å². The lowest BCUT2D eigenvalue weighted by Gasteiger charge is -2.32. The van der Waals surface area contributed by atoms with E-state index in [9.17, 15) is 0 Å². The van der Waals surface area contributed by atoms with Gasteiger partial charge in [-0.15, -0.1) is 0 Å². The molecule has 0 amide bonds. The van der Waals surface area contributed by atoms with Gasteiger partial charge in [0.25, 0.3) is 0 Å². The number of piperidine rings is 1. The van der Waals surface area contributed by atoms with Crippen molar-refractivity contribution in [2.24, 2.45) is 5.92 Å². The highest BCUT2D eigenvalue weighted by molar-refractivity contribution is 4.72. The van der Waals surface area contributed by atoms with Crippen molar-refractivity contribution < 1.29 is 14.2 Å². The molecule has 0 aromatic heterocycles. The first-order valence-corrected chi connectivity index (χ1v) is 7.97. The van der Waals surface area contributed by atoms with E-state index < -0.39 is 0 Å². The summed E-state index contributed by atoms with van der Waals surface area (Å²) >= 11 is 0. The van der Waals surface area contributed by atoms with Crippen LogP contribution in [-0.4, -0.2) is 89.2 Å². The minimum Gasteiger partial charge on any atom is -0.383 e. The van der Waals surface area contributed by atoms with E-state index in [1.165, 1.54) is 25.9 Å². The molecule has 5 heteroatoms. The number of hydrogen-bond donors (Lipinski definition) is 0. The Morgan fingerprint density at radius 1 is 1.05 bits per heavy atom. The zero-order valence-electron chi connectivity index (χ0n) is 12.9. The minimum atomic E-state index is 0.699. The van der Waals surface area contributed by atoms with Gasteiger partial charge in [0.2, 0.25) is 0 Å². The lowest BCUT2D eigenvalue weighted by atomic mass is 9.99. The highest BCUT2D eigenvalue weighted by atomic mass is 16.5. The van der Waals surface area contributed by atoms with E-state index in [0.29, 0.717) is 5.92 Å². The van der Waals surface area contributed by atoms with Crippen LogP contribution in [0.2, 0.25) is 0 Å². The van der Waals surface area contributed by atoms with Gasteiger partial charge in [-0.25, -0.2) is 0 Å². The molecule has 2 heterocycles. The van der Waals surface area contributed by atoms with Crippen molar-refractivity contribution in [3.8, 4) is 0 Å². The van der Waals surface area contributed by atoms with E-state index >= 15 is 0 Å². The van der Waals surface area contributed by atoms with Crippen LogP contribution in [0.25, 0.3) is 0 Å². The van der Waals surface area contributed by atoms with E-state index in [4.69, 9.17) is 14.2 Å². The first-order valence-electron chi connectivity index (χ1n) is 7.97. The van der Waals surface area contributed by atoms with E-state index in [-0.39, 0.29) is 0 Å². The van der Waals surface area contributed by atoms with Crippen molar-refractivity contribution in [3.63, 3.8) is 0 Å². The summed E-state index contributed by atoms with van der Waals surface area (Å²) in [6.07, 6.45) is 2.60. The number of methoxy groups -OCH3 is 1. The molecule has 2 aliphatic rings. The highest BCUT2D eigenvalue weighted by Crippen LogP contribution is 2.16. The third-order valence-corrected chi connectivity index (χ3v) is 4.22. The summed E-state index contributed by atoms with van der Waals surface area (Å²) in [7, 11) is 1.77. The Balaban J connectivity index is 1.52. The SMILES string of the molecule is COCCN1CCCC(COCCN2CCOCC2)C1. The molecule has 2 aliphatic heterocycles. The Bertz CT molecular complexity index is 247. The molecule has 0 spiro atoms. The van der Waals surface area contributed by atoms with Gasteiger partial charge in [-0.1, -0.05) is 0 Å². The average Bonchev–Trinajstić information content (AvgIpc) is 2.51. The number of morpholine rings is 1. The van der Waals surface area contributed by atoms with Gasteiger partial charge < -0.3 is 19.1 Å². The monoisotopic (exact) mass is 286 g/mol. The molecule has 0 aromatic carbocycles. The molecule has 0 N–H and O–H groups in total. The van der Waals surface area contributed by atoms with Crippen LogP contribution >= 0.6 is 0 Å². The van der Waals surface area contributed by atoms with Gasteiger partial charge in [-0.2, -0.15) is 0 Å². The van der Waals surface area contributed by atoms with Gasteiger partial charge >= 0.3 is 0 Å². The molecule has 0 aromatic rings. The first-order chi connectivity index (χ1) is 9.88. The Kier molecular flexibility index (Phi) is 7.83. The summed E-state index contributed by atoms with van der Waals surface area (Å²) in [4.78, 5) is 4.93. The summed E-state index contributed by atoms with van der Waals surface area (Å²) in [6, 6.07) is 0. The third kappa shape index (κ3) is 6.06. The van der Waals surface area contributed by atoms with Crippen LogP contribution in [0, 0.1) is 5.92 Å². The number of rotatable bonds is 8. The average molecular weight is 286 g/mol. The second-order valence-electron chi connectivity index (χ2n) is 5.83. The lowest BCUT2D eigenvalue weighted by Crippen LogP contribution is -2.40. The number of likely N-dealkylation sites (tertiary alicyclic amines) is 1. The standard InChI is InChI=1S/C15H30N2O3/c1-18-9-5-17-4-2-3-15(13-17)14-20-12-8-16-6-10-19-11-7-16/h15H,2-14H2,1H3. The van der Waals surface area contributed by atoms with Crippen molar-refractivity contribution in [1.29, 1.82) is 0 Å². The summed E-state index contributed by atoms with van der Waals surface area (Å²) in [5.74, 6) is 0.699. The quantitative estimate of drug-likeness (QED) is 0.614. The first kappa shape index (κ1) is 16.2. The van der Waals surface area contributed by atoms with E-state index in [1.807, 2.05) is 0 Å². The maximum atomic E-state index is 5.89. The van der Waals surface area contributed by atoms with E-state index in [2.05, 4.69) is 9.80 Å². The van der Waals surface area contributed by atoms with Gasteiger partial charge in [0.1, 0.15) is 0 Å². The van der Waals surface area contributed by atoms with E-state index in [1.54, 1.807) is 7.11 Å². The van der Waals surface area contributed by atoms with Crippen molar-refractivity contribution >= 4 is 0 Å². The minimum absolute atomic E-state index is 0.699. The smallest absolute Gasteiger partial charge is 0.0594 e. The van der Waals surface area contributed by atoms with Crippen LogP contribution < -0.4 is 0 Å². The number of hydrogen-bond acceptors (Lipinski definition) is 5. The summed E-state index contributed by atoms with van der Waals surface area (Å²) < 4.78 is 16.4. The number of nitrogens with zero attached hydrogens (tertiary/aromatic N) is 2. The Morgan fingerprint density at radius 3 is 2.65 bits per heavy atom. The molecule has 0 bridgehead atoms. The van der Waals surface area contributed by atoms with Gasteiger partial charge in [0.05, 0.1) is 33.0 Å². The normalized spacial score (nSPS) is 25.9. The molecule has 2 fully saturated rings. The Hall–Kier alpha value is -0.200. The highest BCUT2D eigenvalue weighted by Gasteiger charge is 2.19. The predicted octanol–water partition coefficient (Wildman–Crippen LogP) is 0.694. The lowest BCUT2D eigenvalue weighted by molar-refractivity contribution is 0.00854. The molecule has 1 unspecified atom stereocenters. The fourth-order valence-electron chi connectivity index (χ4n) is 2.98. The van der Waals surface area contributed by atoms with Gasteiger partial charge in [0, 0.05) is 39.8 Å². The van der Waals surface area contributed by atoms with Crippen molar-refractivity contribution in [2.75, 3.05) is 79.4 Å². The van der Waals surface area contributed by atoms with Crippen LogP contribution in [0.1, 0.15) is 12.8 Å². The third-order valence-electron chi connectivity index (χ3n) is 4.22. The molecule has 0 radical (unpaired) electrons. The zero-order chi connectivity index (χ0) is 14.0. The fraction of sp³-hybridized carbons (Fsp3) is 1.00. The molecule has 2 rings (SSSR count). The summed E-state index contributed by atoms with van der Waals surface area (Å²) in [5.41, 5.74) is 0. The van der Waals surface area contributed by atoms with Crippen molar-refractivity contribution in [3.05, 3.63) is 0 Å². The van der Waals surface area contributed by atoms with Crippen LogP contribution in [0.5, 0.6) is 0 Å². The maximum absolute atomic E-state index is 5.89. The van der Waals surface area contributed by atoms with Crippen LogP contribution in [0.15, 0.2) is 0 Å². The summed E-state index contributed by atoms with van der Waals surface area (Å²) in [5, 5.41) is 0. The molecule has 1 atom stereocenters. The molecule has 0 saturated carbocycles. The Morgan fingerprint density at radius 2 is 1.85 bits per heavy atom. The second-order valence-corrected chi connectivity index (χ2v) is 5.83. The predicted molar refractivity (Wildman–Crippen MR) is 79.1 cm³/mol. The van der Waals surface area contributed by atoms with Crippen molar-refractivity contribution in [2.45, 2.75) is 12.8 Å². The summed E-state index contributed by atoms with van der Waals surface area (Å²) in [6.45, 7) is 10.9. The zero-order valence-corrected chi connectivity index (χ0v) is 12.9. The molecule has 20 heavy (non-hydrogen) atoms. The molecule has 0 aliphatic carbocycles. The number of ether oxygens (including phenoxy) is 3. The van der Waals surface area contributed by atoms with E-state index in [0.717, 1.165) is 59.2 Å². The molecule has 118 valence electrons. The molecular formula is C15H30N2O3. The fourth-order valence-corrected chi connectivity index (χ4v) is 2.98.